The summed E-state index contributed by atoms with van der Waals surface area (Å²) >= 11 is 0. The maximum Gasteiger partial charge on any atom is 0.131 e. The fourth-order valence-electron chi connectivity index (χ4n) is 1.37. The highest BCUT2D eigenvalue weighted by molar-refractivity contribution is 5.35. The van der Waals surface area contributed by atoms with Gasteiger partial charge in [-0.25, -0.2) is 0 Å². The standard InChI is InChI=1S/C11H13NO/c1-9-8-13-11-6-4-3-5-10(11)7-12(9)2/h3-6,8H,7H2,1-2H3. The third-order valence-electron chi connectivity index (χ3n) is 2.34. The Morgan fingerprint density at radius 2 is 2.08 bits per heavy atom. The summed E-state index contributed by atoms with van der Waals surface area (Å²) in [6.07, 6.45) is 1.80. The van der Waals surface area contributed by atoms with Crippen molar-refractivity contribution in [3.8, 4) is 5.75 Å². The van der Waals surface area contributed by atoms with E-state index in [1.165, 1.54) is 5.56 Å². The van der Waals surface area contributed by atoms with Crippen molar-refractivity contribution < 1.29 is 4.74 Å². The Labute approximate surface area is 78.4 Å². The minimum atomic E-state index is 0.915. The van der Waals surface area contributed by atoms with Gasteiger partial charge in [0.2, 0.25) is 0 Å². The number of fused-ring (bicyclic) bond motifs is 1. The quantitative estimate of drug-likeness (QED) is 0.600. The van der Waals surface area contributed by atoms with Crippen LogP contribution in [0.3, 0.4) is 0 Å². The predicted octanol–water partition coefficient (Wildman–Crippen LogP) is 2.37. The van der Waals surface area contributed by atoms with E-state index in [4.69, 9.17) is 4.74 Å². The molecule has 0 amide bonds. The highest BCUT2D eigenvalue weighted by Crippen LogP contribution is 2.24. The lowest BCUT2D eigenvalue weighted by molar-refractivity contribution is 0.408. The van der Waals surface area contributed by atoms with Gasteiger partial charge in [-0.15, -0.1) is 0 Å². The van der Waals surface area contributed by atoms with Crippen molar-refractivity contribution in [1.82, 2.24) is 4.90 Å². The van der Waals surface area contributed by atoms with Crippen molar-refractivity contribution in [3.05, 3.63) is 41.8 Å². The SMILES string of the molecule is CC1=COc2ccccc2CN1C. The van der Waals surface area contributed by atoms with Crippen molar-refractivity contribution in [3.63, 3.8) is 0 Å². The summed E-state index contributed by atoms with van der Waals surface area (Å²) in [7, 11) is 2.07. The zero-order chi connectivity index (χ0) is 9.26. The van der Waals surface area contributed by atoms with E-state index in [1.54, 1.807) is 6.26 Å². The van der Waals surface area contributed by atoms with Crippen LogP contribution in [-0.4, -0.2) is 11.9 Å². The predicted molar refractivity (Wildman–Crippen MR) is 52.3 cm³/mol. The molecule has 2 rings (SSSR count). The molecule has 0 aromatic heterocycles. The molecule has 0 atom stereocenters. The number of nitrogens with zero attached hydrogens (tertiary/aromatic N) is 1. The van der Waals surface area contributed by atoms with E-state index in [0.717, 1.165) is 18.0 Å². The number of hydrogen-bond acceptors (Lipinski definition) is 2. The Kier molecular flexibility index (Phi) is 1.97. The largest absolute Gasteiger partial charge is 0.463 e. The number of ether oxygens (including phenoxy) is 1. The Hall–Kier alpha value is -1.44. The highest BCUT2D eigenvalue weighted by atomic mass is 16.5. The van der Waals surface area contributed by atoms with E-state index in [0.29, 0.717) is 0 Å². The van der Waals surface area contributed by atoms with Crippen LogP contribution in [0.1, 0.15) is 12.5 Å². The third kappa shape index (κ3) is 1.52. The van der Waals surface area contributed by atoms with Gasteiger partial charge in [-0.1, -0.05) is 18.2 Å². The second kappa shape index (κ2) is 3.13. The highest BCUT2D eigenvalue weighted by Gasteiger charge is 2.10. The molecule has 0 saturated carbocycles. The van der Waals surface area contributed by atoms with Gasteiger partial charge in [0, 0.05) is 24.9 Å². The first-order chi connectivity index (χ1) is 6.27. The van der Waals surface area contributed by atoms with Gasteiger partial charge >= 0.3 is 0 Å². The van der Waals surface area contributed by atoms with Gasteiger partial charge in [-0.3, -0.25) is 0 Å². The molecule has 0 bridgehead atoms. The molecular weight excluding hydrogens is 162 g/mol. The van der Waals surface area contributed by atoms with Crippen LogP contribution in [0, 0.1) is 0 Å². The molecule has 2 heteroatoms. The number of para-hydroxylation sites is 1. The van der Waals surface area contributed by atoms with Crippen LogP contribution in [-0.2, 0) is 6.54 Å². The van der Waals surface area contributed by atoms with E-state index in [2.05, 4.69) is 18.0 Å². The zero-order valence-corrected chi connectivity index (χ0v) is 7.95. The van der Waals surface area contributed by atoms with Gasteiger partial charge in [0.25, 0.3) is 0 Å². The average molecular weight is 175 g/mol. The van der Waals surface area contributed by atoms with Gasteiger partial charge in [-0.05, 0) is 13.0 Å². The minimum absolute atomic E-state index is 0.915. The lowest BCUT2D eigenvalue weighted by Gasteiger charge is -2.16. The number of rotatable bonds is 0. The maximum atomic E-state index is 5.53. The van der Waals surface area contributed by atoms with E-state index in [1.807, 2.05) is 25.1 Å². The van der Waals surface area contributed by atoms with Crippen molar-refractivity contribution in [2.24, 2.45) is 0 Å². The van der Waals surface area contributed by atoms with Gasteiger partial charge in [0.15, 0.2) is 0 Å². The van der Waals surface area contributed by atoms with Crippen LogP contribution in [0.15, 0.2) is 36.2 Å². The fourth-order valence-corrected chi connectivity index (χ4v) is 1.37. The van der Waals surface area contributed by atoms with Crippen LogP contribution in [0.5, 0.6) is 5.75 Å². The number of benzene rings is 1. The van der Waals surface area contributed by atoms with Gasteiger partial charge < -0.3 is 9.64 Å². The zero-order valence-electron chi connectivity index (χ0n) is 7.95. The summed E-state index contributed by atoms with van der Waals surface area (Å²) in [5, 5.41) is 0. The first kappa shape index (κ1) is 8.17. The molecule has 1 heterocycles. The lowest BCUT2D eigenvalue weighted by atomic mass is 10.2. The van der Waals surface area contributed by atoms with E-state index >= 15 is 0 Å². The van der Waals surface area contributed by atoms with Crippen LogP contribution >= 0.6 is 0 Å². The summed E-state index contributed by atoms with van der Waals surface area (Å²) in [4.78, 5) is 2.17. The topological polar surface area (TPSA) is 12.5 Å². The molecule has 2 nitrogen and oxygen atoms in total. The van der Waals surface area contributed by atoms with E-state index in [-0.39, 0.29) is 0 Å². The number of allylic oxidation sites excluding steroid dienone is 1. The summed E-state index contributed by atoms with van der Waals surface area (Å²) in [5.74, 6) is 0.964. The Morgan fingerprint density at radius 3 is 2.92 bits per heavy atom. The molecule has 1 aromatic rings. The molecule has 68 valence electrons. The first-order valence-electron chi connectivity index (χ1n) is 4.40. The van der Waals surface area contributed by atoms with Crippen LogP contribution in [0.25, 0.3) is 0 Å². The third-order valence-corrected chi connectivity index (χ3v) is 2.34. The fraction of sp³-hybridized carbons (Fsp3) is 0.273. The van der Waals surface area contributed by atoms with Crippen molar-refractivity contribution >= 4 is 0 Å². The van der Waals surface area contributed by atoms with E-state index in [9.17, 15) is 0 Å². The molecule has 0 aliphatic carbocycles. The van der Waals surface area contributed by atoms with Crippen molar-refractivity contribution in [2.75, 3.05) is 7.05 Å². The Balaban J connectivity index is 2.38. The normalized spacial score (nSPS) is 15.5. The second-order valence-electron chi connectivity index (χ2n) is 3.34. The summed E-state index contributed by atoms with van der Waals surface area (Å²) in [6.45, 7) is 2.96. The smallest absolute Gasteiger partial charge is 0.131 e. The Morgan fingerprint density at radius 1 is 1.31 bits per heavy atom. The average Bonchev–Trinajstić information content (AvgIpc) is 2.28. The summed E-state index contributed by atoms with van der Waals surface area (Å²) < 4.78 is 5.53. The maximum absolute atomic E-state index is 5.53. The molecule has 0 radical (unpaired) electrons. The molecule has 0 spiro atoms. The molecule has 0 saturated heterocycles. The summed E-state index contributed by atoms with van der Waals surface area (Å²) in [6, 6.07) is 8.13. The van der Waals surface area contributed by atoms with Crippen LogP contribution < -0.4 is 4.74 Å². The van der Waals surface area contributed by atoms with Crippen LogP contribution in [0.2, 0.25) is 0 Å². The van der Waals surface area contributed by atoms with Gasteiger partial charge in [-0.2, -0.15) is 0 Å². The summed E-state index contributed by atoms with van der Waals surface area (Å²) in [5.41, 5.74) is 2.38. The molecular formula is C11H13NO. The molecule has 0 unspecified atom stereocenters. The molecule has 1 aliphatic heterocycles. The van der Waals surface area contributed by atoms with Crippen LogP contribution in [0.4, 0.5) is 0 Å². The van der Waals surface area contributed by atoms with Crippen molar-refractivity contribution in [2.45, 2.75) is 13.5 Å². The van der Waals surface area contributed by atoms with Crippen molar-refractivity contribution in [1.29, 1.82) is 0 Å². The molecule has 13 heavy (non-hydrogen) atoms. The molecule has 0 fully saturated rings. The molecule has 1 aromatic carbocycles. The second-order valence-corrected chi connectivity index (χ2v) is 3.34. The number of hydrogen-bond donors (Lipinski definition) is 0. The van der Waals surface area contributed by atoms with E-state index < -0.39 is 0 Å². The molecule has 1 aliphatic rings. The van der Waals surface area contributed by atoms with Gasteiger partial charge in [0.1, 0.15) is 12.0 Å². The minimum Gasteiger partial charge on any atom is -0.463 e. The Bertz CT molecular complexity index is 344. The first-order valence-corrected chi connectivity index (χ1v) is 4.40. The monoisotopic (exact) mass is 175 g/mol. The lowest BCUT2D eigenvalue weighted by Crippen LogP contribution is -2.13. The molecule has 0 N–H and O–H groups in total. The van der Waals surface area contributed by atoms with Gasteiger partial charge in [0.05, 0.1) is 0 Å².